The van der Waals surface area contributed by atoms with Gasteiger partial charge >= 0.3 is 0 Å². The summed E-state index contributed by atoms with van der Waals surface area (Å²) in [5, 5.41) is 9.34. The van der Waals surface area contributed by atoms with E-state index in [0.29, 0.717) is 6.04 Å². The number of halogens is 1. The summed E-state index contributed by atoms with van der Waals surface area (Å²) in [4.78, 5) is 4.88. The van der Waals surface area contributed by atoms with Crippen molar-refractivity contribution in [1.29, 1.82) is 0 Å². The van der Waals surface area contributed by atoms with Crippen molar-refractivity contribution >= 4 is 6.08 Å². The average molecular weight is 332 g/mol. The number of aliphatic hydroxyl groups excluding tert-OH is 1. The molecular weight excluding hydrogens is 303 g/mol. The van der Waals surface area contributed by atoms with Crippen LogP contribution in [0.25, 0.3) is 6.08 Å². The standard InChI is InChI=1S/C20H29FN2O/c1-17(2)9-12-23-14-13-22(16-20(23)10-15-24)11-3-4-18-5-7-19(21)8-6-18/h3-9,20,24H,10-16H2,1-2H3/b4-3+/t20-/m0/s1. The molecule has 1 heterocycles. The molecule has 0 spiro atoms. The van der Waals surface area contributed by atoms with E-state index in [2.05, 4.69) is 35.8 Å². The molecule has 0 amide bonds. The number of aliphatic hydroxyl groups is 1. The van der Waals surface area contributed by atoms with Gasteiger partial charge in [-0.05, 0) is 38.0 Å². The third-order valence-corrected chi connectivity index (χ3v) is 4.43. The molecule has 0 aliphatic carbocycles. The third-order valence-electron chi connectivity index (χ3n) is 4.43. The lowest BCUT2D eigenvalue weighted by molar-refractivity contribution is 0.0743. The summed E-state index contributed by atoms with van der Waals surface area (Å²) in [6.07, 6.45) is 7.24. The molecule has 1 aliphatic rings. The predicted octanol–water partition coefficient (Wildman–Crippen LogP) is 3.17. The molecule has 0 unspecified atom stereocenters. The number of nitrogens with zero attached hydrogens (tertiary/aromatic N) is 2. The average Bonchev–Trinajstić information content (AvgIpc) is 2.56. The molecule has 1 atom stereocenters. The molecule has 132 valence electrons. The first kappa shape index (κ1) is 18.8. The Morgan fingerprint density at radius 1 is 1.21 bits per heavy atom. The van der Waals surface area contributed by atoms with Crippen LogP contribution in [0.4, 0.5) is 4.39 Å². The van der Waals surface area contributed by atoms with E-state index in [1.54, 1.807) is 12.1 Å². The minimum absolute atomic E-state index is 0.202. The number of allylic oxidation sites excluding steroid dienone is 1. The van der Waals surface area contributed by atoms with Gasteiger partial charge in [0.25, 0.3) is 0 Å². The van der Waals surface area contributed by atoms with Crippen molar-refractivity contribution < 1.29 is 9.50 Å². The van der Waals surface area contributed by atoms with Gasteiger partial charge in [0.2, 0.25) is 0 Å². The number of hydrogen-bond donors (Lipinski definition) is 1. The van der Waals surface area contributed by atoms with Crippen molar-refractivity contribution in [2.75, 3.05) is 39.3 Å². The monoisotopic (exact) mass is 332 g/mol. The van der Waals surface area contributed by atoms with E-state index in [1.165, 1.54) is 17.7 Å². The van der Waals surface area contributed by atoms with E-state index in [9.17, 15) is 9.50 Å². The second-order valence-electron chi connectivity index (χ2n) is 6.66. The molecule has 1 aromatic rings. The number of rotatable bonds is 7. The van der Waals surface area contributed by atoms with Crippen LogP contribution < -0.4 is 0 Å². The Kier molecular flexibility index (Phi) is 7.63. The van der Waals surface area contributed by atoms with Crippen LogP contribution >= 0.6 is 0 Å². The maximum Gasteiger partial charge on any atom is 0.123 e. The van der Waals surface area contributed by atoms with Gasteiger partial charge < -0.3 is 5.11 Å². The topological polar surface area (TPSA) is 26.7 Å². The molecule has 3 nitrogen and oxygen atoms in total. The maximum atomic E-state index is 12.9. The van der Waals surface area contributed by atoms with Crippen LogP contribution in [0.5, 0.6) is 0 Å². The van der Waals surface area contributed by atoms with Crippen LogP contribution in [0.2, 0.25) is 0 Å². The molecule has 0 bridgehead atoms. The van der Waals surface area contributed by atoms with Crippen molar-refractivity contribution in [3.8, 4) is 0 Å². The number of benzene rings is 1. The van der Waals surface area contributed by atoms with Crippen molar-refractivity contribution in [3.63, 3.8) is 0 Å². The van der Waals surface area contributed by atoms with Gasteiger partial charge in [-0.3, -0.25) is 9.80 Å². The molecule has 1 N–H and O–H groups in total. The first-order chi connectivity index (χ1) is 11.6. The van der Waals surface area contributed by atoms with Gasteiger partial charge in [-0.1, -0.05) is 35.9 Å². The normalized spacial score (nSPS) is 19.8. The molecule has 2 rings (SSSR count). The molecule has 24 heavy (non-hydrogen) atoms. The van der Waals surface area contributed by atoms with Crippen molar-refractivity contribution in [2.45, 2.75) is 26.3 Å². The fourth-order valence-corrected chi connectivity index (χ4v) is 3.00. The van der Waals surface area contributed by atoms with E-state index >= 15 is 0 Å². The van der Waals surface area contributed by atoms with Crippen LogP contribution in [0.15, 0.2) is 42.0 Å². The number of piperazine rings is 1. The van der Waals surface area contributed by atoms with Gasteiger partial charge in [0.05, 0.1) is 0 Å². The lowest BCUT2D eigenvalue weighted by Gasteiger charge is -2.40. The summed E-state index contributed by atoms with van der Waals surface area (Å²) in [7, 11) is 0. The molecular formula is C20H29FN2O. The summed E-state index contributed by atoms with van der Waals surface area (Å²) in [5.74, 6) is -0.202. The zero-order valence-corrected chi connectivity index (χ0v) is 14.8. The quantitative estimate of drug-likeness (QED) is 0.777. The molecule has 1 saturated heterocycles. The summed E-state index contributed by atoms with van der Waals surface area (Å²) < 4.78 is 12.9. The van der Waals surface area contributed by atoms with Crippen molar-refractivity contribution in [3.05, 3.63) is 53.4 Å². The lowest BCUT2D eigenvalue weighted by atomic mass is 10.1. The summed E-state index contributed by atoms with van der Waals surface area (Å²) in [6, 6.07) is 6.95. The molecule has 4 heteroatoms. The Morgan fingerprint density at radius 2 is 1.96 bits per heavy atom. The minimum atomic E-state index is -0.202. The van der Waals surface area contributed by atoms with Crippen molar-refractivity contribution in [1.82, 2.24) is 9.80 Å². The van der Waals surface area contributed by atoms with Gasteiger partial charge in [-0.15, -0.1) is 0 Å². The Labute approximate surface area is 145 Å². The van der Waals surface area contributed by atoms with Crippen molar-refractivity contribution in [2.24, 2.45) is 0 Å². The zero-order chi connectivity index (χ0) is 17.4. The lowest BCUT2D eigenvalue weighted by Crippen LogP contribution is -2.53. The fraction of sp³-hybridized carbons (Fsp3) is 0.500. The van der Waals surface area contributed by atoms with E-state index in [-0.39, 0.29) is 12.4 Å². The summed E-state index contributed by atoms with van der Waals surface area (Å²) >= 11 is 0. The first-order valence-corrected chi connectivity index (χ1v) is 8.71. The Hall–Kier alpha value is -1.49. The highest BCUT2D eigenvalue weighted by Gasteiger charge is 2.25. The van der Waals surface area contributed by atoms with Gasteiger partial charge in [0.15, 0.2) is 0 Å². The van der Waals surface area contributed by atoms with E-state index in [1.807, 2.05) is 6.08 Å². The van der Waals surface area contributed by atoms with Crippen LogP contribution in [0.1, 0.15) is 25.8 Å². The molecule has 0 saturated carbocycles. The highest BCUT2D eigenvalue weighted by atomic mass is 19.1. The first-order valence-electron chi connectivity index (χ1n) is 8.71. The zero-order valence-electron chi connectivity index (χ0n) is 14.8. The third kappa shape index (κ3) is 6.19. The summed E-state index contributed by atoms with van der Waals surface area (Å²) in [5.41, 5.74) is 2.35. The van der Waals surface area contributed by atoms with Gasteiger partial charge in [-0.25, -0.2) is 4.39 Å². The second-order valence-corrected chi connectivity index (χ2v) is 6.66. The van der Waals surface area contributed by atoms with Crippen LogP contribution in [0, 0.1) is 5.82 Å². The van der Waals surface area contributed by atoms with Gasteiger partial charge in [0, 0.05) is 45.4 Å². The Morgan fingerprint density at radius 3 is 2.62 bits per heavy atom. The largest absolute Gasteiger partial charge is 0.396 e. The molecule has 0 aromatic heterocycles. The fourth-order valence-electron chi connectivity index (χ4n) is 3.00. The van der Waals surface area contributed by atoms with Crippen LogP contribution in [0.3, 0.4) is 0 Å². The SMILES string of the molecule is CC(C)=CCN1CCN(C/C=C/c2ccc(F)cc2)C[C@@H]1CCO. The molecule has 0 radical (unpaired) electrons. The Balaban J connectivity index is 1.86. The Bertz CT molecular complexity index is 549. The smallest absolute Gasteiger partial charge is 0.123 e. The van der Waals surface area contributed by atoms with E-state index < -0.39 is 0 Å². The molecule has 1 aromatic carbocycles. The van der Waals surface area contributed by atoms with Crippen LogP contribution in [-0.2, 0) is 0 Å². The van der Waals surface area contributed by atoms with E-state index in [4.69, 9.17) is 0 Å². The maximum absolute atomic E-state index is 12.9. The summed E-state index contributed by atoms with van der Waals surface area (Å²) in [6.45, 7) is 9.36. The highest BCUT2D eigenvalue weighted by molar-refractivity contribution is 5.48. The molecule has 1 fully saturated rings. The second kappa shape index (κ2) is 9.72. The van der Waals surface area contributed by atoms with Gasteiger partial charge in [0.1, 0.15) is 5.82 Å². The van der Waals surface area contributed by atoms with Gasteiger partial charge in [-0.2, -0.15) is 0 Å². The molecule has 1 aliphatic heterocycles. The van der Waals surface area contributed by atoms with Crippen LogP contribution in [-0.4, -0.2) is 60.3 Å². The number of hydrogen-bond acceptors (Lipinski definition) is 3. The highest BCUT2D eigenvalue weighted by Crippen LogP contribution is 2.14. The minimum Gasteiger partial charge on any atom is -0.396 e. The predicted molar refractivity (Wildman–Crippen MR) is 98.4 cm³/mol. The van der Waals surface area contributed by atoms with E-state index in [0.717, 1.165) is 44.7 Å².